The Morgan fingerprint density at radius 3 is 2.77 bits per heavy atom. The molecule has 0 bridgehead atoms. The van der Waals surface area contributed by atoms with Gasteiger partial charge < -0.3 is 28.7 Å². The molecule has 2 unspecified atom stereocenters. The molecule has 188 valence electrons. The number of fused-ring (bicyclic) bond motifs is 1. The maximum Gasteiger partial charge on any atom is 0.254 e. The number of benzene rings is 1. The van der Waals surface area contributed by atoms with E-state index < -0.39 is 15.9 Å². The zero-order chi connectivity index (χ0) is 24.6. The van der Waals surface area contributed by atoms with Crippen molar-refractivity contribution in [2.24, 2.45) is 0 Å². The number of rotatable bonds is 5. The average molecular weight is 504 g/mol. The maximum atomic E-state index is 12.7. The van der Waals surface area contributed by atoms with Gasteiger partial charge >= 0.3 is 0 Å². The third-order valence-corrected chi connectivity index (χ3v) is 7.45. The molecule has 0 N–H and O–H groups in total. The van der Waals surface area contributed by atoms with Crippen LogP contribution in [0.5, 0.6) is 11.5 Å². The molecule has 11 heteroatoms. The number of carbonyl (C=O) groups excluding carboxylic acids is 1. The molecule has 2 aromatic rings. The summed E-state index contributed by atoms with van der Waals surface area (Å²) in [5, 5.41) is 0.0809. The molecule has 4 heterocycles. The van der Waals surface area contributed by atoms with Gasteiger partial charge in [0.05, 0.1) is 50.5 Å². The quantitative estimate of drug-likeness (QED) is 0.603. The third kappa shape index (κ3) is 5.07. The molecule has 1 aromatic heterocycles. The average Bonchev–Trinajstić information content (AvgIpc) is 3.31. The van der Waals surface area contributed by atoms with E-state index in [1.807, 2.05) is 29.2 Å². The molecule has 5 rings (SSSR count). The number of sulfone groups is 1. The number of aromatic nitrogens is 1. The molecule has 3 aliphatic heterocycles. The van der Waals surface area contributed by atoms with Gasteiger partial charge in [0.1, 0.15) is 24.2 Å². The molecular weight excluding hydrogens is 474 g/mol. The molecule has 0 spiro atoms. The molecule has 3 aliphatic rings. The summed E-state index contributed by atoms with van der Waals surface area (Å²) in [6, 6.07) is 7.47. The van der Waals surface area contributed by atoms with Gasteiger partial charge in [0.15, 0.2) is 21.0 Å². The summed E-state index contributed by atoms with van der Waals surface area (Å²) in [5.74, 6) is 1.33. The van der Waals surface area contributed by atoms with Crippen molar-refractivity contribution >= 4 is 27.1 Å². The summed E-state index contributed by atoms with van der Waals surface area (Å²) >= 11 is 0. The van der Waals surface area contributed by atoms with E-state index in [-0.39, 0.29) is 17.0 Å². The highest BCUT2D eigenvalue weighted by molar-refractivity contribution is 7.90. The monoisotopic (exact) mass is 503 g/mol. The largest absolute Gasteiger partial charge is 0.490 e. The molecule has 1 amide bonds. The van der Waals surface area contributed by atoms with Gasteiger partial charge in [-0.2, -0.15) is 0 Å². The highest BCUT2D eigenvalue weighted by Gasteiger charge is 2.34. The van der Waals surface area contributed by atoms with Gasteiger partial charge in [-0.05, 0) is 30.7 Å². The summed E-state index contributed by atoms with van der Waals surface area (Å²) in [7, 11) is -3.40. The fourth-order valence-electron chi connectivity index (χ4n) is 4.67. The lowest BCUT2D eigenvalue weighted by atomic mass is 10.2. The second-order valence-corrected chi connectivity index (χ2v) is 10.9. The van der Waals surface area contributed by atoms with E-state index in [0.29, 0.717) is 63.1 Å². The van der Waals surface area contributed by atoms with Crippen LogP contribution in [0, 0.1) is 6.92 Å². The van der Waals surface area contributed by atoms with Gasteiger partial charge in [-0.3, -0.25) is 4.79 Å². The molecule has 10 nitrogen and oxygen atoms in total. The molecule has 2 fully saturated rings. The zero-order valence-electron chi connectivity index (χ0n) is 19.8. The predicted molar refractivity (Wildman–Crippen MR) is 127 cm³/mol. The number of nitrogens with zero attached hydrogens (tertiary/aromatic N) is 3. The number of amides is 1. The van der Waals surface area contributed by atoms with Crippen LogP contribution in [0.25, 0.3) is 0 Å². The molecule has 0 aliphatic carbocycles. The third-order valence-electron chi connectivity index (χ3n) is 6.32. The first kappa shape index (κ1) is 23.8. The minimum atomic E-state index is -3.40. The lowest BCUT2D eigenvalue weighted by molar-refractivity contribution is -0.157. The Balaban J connectivity index is 1.31. The Morgan fingerprint density at radius 1 is 1.17 bits per heavy atom. The Bertz CT molecular complexity index is 1210. The number of anilines is 2. The Labute approximate surface area is 204 Å². The predicted octanol–water partition coefficient (Wildman–Crippen LogP) is 1.72. The first-order valence-corrected chi connectivity index (χ1v) is 13.5. The van der Waals surface area contributed by atoms with E-state index in [9.17, 15) is 13.2 Å². The summed E-state index contributed by atoms with van der Waals surface area (Å²) < 4.78 is 46.9. The molecule has 0 saturated carbocycles. The number of ether oxygens (including phenoxy) is 4. The van der Waals surface area contributed by atoms with Gasteiger partial charge in [-0.15, -0.1) is 0 Å². The first-order chi connectivity index (χ1) is 16.8. The standard InChI is InChI=1S/C24H29N3O7S/c1-16-11-17(13-25-23(16)35(2,29)30)27-7-8-32-21-4-3-18(12-20(21)27)34-19-5-6-26(14-19)24(28)22-15-31-9-10-33-22/h3-4,11-13,19,22H,5-10,14-15H2,1-2H3. The van der Waals surface area contributed by atoms with Gasteiger partial charge in [0, 0.05) is 25.3 Å². The van der Waals surface area contributed by atoms with Gasteiger partial charge in [0.2, 0.25) is 0 Å². The van der Waals surface area contributed by atoms with Crippen LogP contribution in [0.15, 0.2) is 35.5 Å². The molecule has 0 radical (unpaired) electrons. The lowest BCUT2D eigenvalue weighted by Gasteiger charge is -2.32. The van der Waals surface area contributed by atoms with E-state index in [4.69, 9.17) is 18.9 Å². The first-order valence-electron chi connectivity index (χ1n) is 11.7. The minimum Gasteiger partial charge on any atom is -0.490 e. The Morgan fingerprint density at radius 2 is 2.03 bits per heavy atom. The van der Waals surface area contributed by atoms with Crippen molar-refractivity contribution < 1.29 is 32.2 Å². The number of hydrogen-bond donors (Lipinski definition) is 0. The highest BCUT2D eigenvalue weighted by atomic mass is 32.2. The molecule has 2 saturated heterocycles. The molecular formula is C24H29N3O7S. The van der Waals surface area contributed by atoms with E-state index in [1.165, 1.54) is 0 Å². The number of pyridine rings is 1. The van der Waals surface area contributed by atoms with Crippen LogP contribution in [0.3, 0.4) is 0 Å². The van der Waals surface area contributed by atoms with Crippen LogP contribution in [-0.4, -0.2) is 88.7 Å². The van der Waals surface area contributed by atoms with Crippen molar-refractivity contribution in [1.82, 2.24) is 9.88 Å². The van der Waals surface area contributed by atoms with E-state index in [0.717, 1.165) is 24.1 Å². The number of carbonyl (C=O) groups is 1. The van der Waals surface area contributed by atoms with Gasteiger partial charge in [-0.1, -0.05) is 0 Å². The SMILES string of the molecule is Cc1cc(N2CCOc3ccc(OC4CCN(C(=O)C5COCCO5)C4)cc32)cnc1S(C)(=O)=O. The summed E-state index contributed by atoms with van der Waals surface area (Å²) in [5.41, 5.74) is 2.19. The van der Waals surface area contributed by atoms with Crippen LogP contribution < -0.4 is 14.4 Å². The van der Waals surface area contributed by atoms with E-state index in [1.54, 1.807) is 18.0 Å². The fourth-order valence-corrected chi connectivity index (χ4v) is 5.56. The van der Waals surface area contributed by atoms with Crippen LogP contribution in [-0.2, 0) is 24.1 Å². The van der Waals surface area contributed by atoms with Crippen LogP contribution >= 0.6 is 0 Å². The maximum absolute atomic E-state index is 12.7. The van der Waals surface area contributed by atoms with Gasteiger partial charge in [-0.25, -0.2) is 13.4 Å². The van der Waals surface area contributed by atoms with Crippen molar-refractivity contribution in [2.45, 2.75) is 30.6 Å². The Kier molecular flexibility index (Phi) is 6.56. The van der Waals surface area contributed by atoms with Crippen molar-refractivity contribution in [3.63, 3.8) is 0 Å². The fraction of sp³-hybridized carbons (Fsp3) is 0.500. The second kappa shape index (κ2) is 9.63. The van der Waals surface area contributed by atoms with Crippen molar-refractivity contribution in [2.75, 3.05) is 57.2 Å². The van der Waals surface area contributed by atoms with Crippen LogP contribution in [0.4, 0.5) is 11.4 Å². The van der Waals surface area contributed by atoms with Gasteiger partial charge in [0.25, 0.3) is 5.91 Å². The van der Waals surface area contributed by atoms with Crippen molar-refractivity contribution in [3.05, 3.63) is 36.0 Å². The number of likely N-dealkylation sites (tertiary alicyclic amines) is 1. The Hall–Kier alpha value is -2.89. The van der Waals surface area contributed by atoms with Crippen molar-refractivity contribution in [1.29, 1.82) is 0 Å². The minimum absolute atomic E-state index is 0.0544. The molecule has 35 heavy (non-hydrogen) atoms. The lowest BCUT2D eigenvalue weighted by Crippen LogP contribution is -2.44. The summed E-state index contributed by atoms with van der Waals surface area (Å²) in [4.78, 5) is 20.7. The summed E-state index contributed by atoms with van der Waals surface area (Å²) in [6.07, 6.45) is 2.79. The molecule has 1 aromatic carbocycles. The number of hydrogen-bond acceptors (Lipinski definition) is 9. The highest BCUT2D eigenvalue weighted by Crippen LogP contribution is 2.40. The van der Waals surface area contributed by atoms with Crippen LogP contribution in [0.2, 0.25) is 0 Å². The van der Waals surface area contributed by atoms with Crippen molar-refractivity contribution in [3.8, 4) is 11.5 Å². The summed E-state index contributed by atoms with van der Waals surface area (Å²) in [6.45, 7) is 5.17. The number of aryl methyl sites for hydroxylation is 1. The topological polar surface area (TPSA) is 108 Å². The second-order valence-electron chi connectivity index (χ2n) is 8.96. The van der Waals surface area contributed by atoms with Crippen LogP contribution in [0.1, 0.15) is 12.0 Å². The smallest absolute Gasteiger partial charge is 0.254 e. The van der Waals surface area contributed by atoms with E-state index >= 15 is 0 Å². The van der Waals surface area contributed by atoms with E-state index in [2.05, 4.69) is 4.98 Å². The normalized spacial score (nSPS) is 22.5. The zero-order valence-corrected chi connectivity index (χ0v) is 20.6. The molecule has 2 atom stereocenters.